The molecule has 0 fully saturated rings. The van der Waals surface area contributed by atoms with Crippen LogP contribution in [0.2, 0.25) is 0 Å². The smallest absolute Gasteiger partial charge is 0.209 e. The molecule has 0 heterocycles. The number of hydrogen-bond acceptors (Lipinski definition) is 3. The van der Waals surface area contributed by atoms with E-state index in [-0.39, 0.29) is 21.9 Å². The third kappa shape index (κ3) is 1.89. The first-order chi connectivity index (χ1) is 7.46. The lowest BCUT2D eigenvalue weighted by Crippen LogP contribution is -2.51. The molecule has 0 radical (unpaired) electrons. The second-order valence-corrected chi connectivity index (χ2v) is 4.83. The van der Waals surface area contributed by atoms with Crippen molar-refractivity contribution in [2.45, 2.75) is 32.2 Å². The second kappa shape index (κ2) is 5.23. The van der Waals surface area contributed by atoms with Crippen molar-refractivity contribution in [3.63, 3.8) is 0 Å². The SMILES string of the molecule is CCC1C(O)C(Cl)=C(Cl)C(OC)(OC)C1C. The Morgan fingerprint density at radius 2 is 1.81 bits per heavy atom. The summed E-state index contributed by atoms with van der Waals surface area (Å²) in [5.41, 5.74) is 0. The summed E-state index contributed by atoms with van der Waals surface area (Å²) in [6, 6.07) is 0. The number of methoxy groups -OCH3 is 2. The summed E-state index contributed by atoms with van der Waals surface area (Å²) in [6.45, 7) is 3.93. The fraction of sp³-hybridized carbons (Fsp3) is 0.818. The van der Waals surface area contributed by atoms with E-state index in [0.29, 0.717) is 0 Å². The lowest BCUT2D eigenvalue weighted by atomic mass is 9.76. The van der Waals surface area contributed by atoms with Crippen LogP contribution in [0.5, 0.6) is 0 Å². The quantitative estimate of drug-likeness (QED) is 0.800. The first kappa shape index (κ1) is 14.3. The van der Waals surface area contributed by atoms with Crippen LogP contribution in [0.4, 0.5) is 0 Å². The zero-order chi connectivity index (χ0) is 12.5. The highest BCUT2D eigenvalue weighted by molar-refractivity contribution is 6.40. The predicted octanol–water partition coefficient (Wildman–Crippen LogP) is 2.70. The van der Waals surface area contributed by atoms with E-state index in [0.717, 1.165) is 6.42 Å². The molecule has 0 saturated heterocycles. The average molecular weight is 269 g/mol. The molecule has 3 unspecified atom stereocenters. The Morgan fingerprint density at radius 1 is 1.31 bits per heavy atom. The van der Waals surface area contributed by atoms with E-state index in [9.17, 15) is 5.11 Å². The second-order valence-electron chi connectivity index (χ2n) is 4.04. The molecular weight excluding hydrogens is 251 g/mol. The lowest BCUT2D eigenvalue weighted by Gasteiger charge is -2.45. The van der Waals surface area contributed by atoms with Crippen LogP contribution in [0.3, 0.4) is 0 Å². The van der Waals surface area contributed by atoms with E-state index in [1.54, 1.807) is 0 Å². The largest absolute Gasteiger partial charge is 0.387 e. The number of aliphatic hydroxyl groups is 1. The monoisotopic (exact) mass is 268 g/mol. The van der Waals surface area contributed by atoms with Crippen LogP contribution in [-0.2, 0) is 9.47 Å². The van der Waals surface area contributed by atoms with Crippen molar-refractivity contribution in [3.05, 3.63) is 10.1 Å². The van der Waals surface area contributed by atoms with Crippen LogP contribution < -0.4 is 0 Å². The number of hydrogen-bond donors (Lipinski definition) is 1. The highest BCUT2D eigenvalue weighted by atomic mass is 35.5. The summed E-state index contributed by atoms with van der Waals surface area (Å²) in [5, 5.41) is 10.5. The molecular formula is C11H18Cl2O3. The minimum Gasteiger partial charge on any atom is -0.387 e. The van der Waals surface area contributed by atoms with Crippen LogP contribution in [0.15, 0.2) is 10.1 Å². The van der Waals surface area contributed by atoms with Gasteiger partial charge in [0, 0.05) is 20.1 Å². The van der Waals surface area contributed by atoms with Crippen LogP contribution >= 0.6 is 23.2 Å². The van der Waals surface area contributed by atoms with Crippen molar-refractivity contribution in [1.29, 1.82) is 0 Å². The normalized spacial score (nSPS) is 34.3. The Balaban J connectivity index is 3.28. The van der Waals surface area contributed by atoms with Gasteiger partial charge in [-0.05, 0) is 12.3 Å². The van der Waals surface area contributed by atoms with E-state index in [4.69, 9.17) is 32.7 Å². The Kier molecular flexibility index (Phi) is 4.66. The van der Waals surface area contributed by atoms with Crippen molar-refractivity contribution in [1.82, 2.24) is 0 Å². The Hall–Kier alpha value is 0.200. The van der Waals surface area contributed by atoms with Gasteiger partial charge in [-0.15, -0.1) is 0 Å². The molecule has 1 aliphatic rings. The van der Waals surface area contributed by atoms with Gasteiger partial charge in [-0.1, -0.05) is 37.0 Å². The van der Waals surface area contributed by atoms with Gasteiger partial charge < -0.3 is 14.6 Å². The highest BCUT2D eigenvalue weighted by Gasteiger charge is 2.51. The van der Waals surface area contributed by atoms with E-state index >= 15 is 0 Å². The van der Waals surface area contributed by atoms with Gasteiger partial charge in [-0.25, -0.2) is 0 Å². The first-order valence-electron chi connectivity index (χ1n) is 5.30. The Labute approximate surface area is 106 Å². The number of rotatable bonds is 3. The number of aliphatic hydroxyl groups excluding tert-OH is 1. The highest BCUT2D eigenvalue weighted by Crippen LogP contribution is 2.48. The lowest BCUT2D eigenvalue weighted by molar-refractivity contribution is -0.226. The molecule has 3 nitrogen and oxygen atoms in total. The van der Waals surface area contributed by atoms with Gasteiger partial charge in [-0.2, -0.15) is 0 Å². The zero-order valence-corrected chi connectivity index (χ0v) is 11.5. The van der Waals surface area contributed by atoms with Crippen molar-refractivity contribution in [2.75, 3.05) is 14.2 Å². The molecule has 0 amide bonds. The molecule has 3 atom stereocenters. The van der Waals surface area contributed by atoms with Crippen molar-refractivity contribution in [2.24, 2.45) is 11.8 Å². The van der Waals surface area contributed by atoms with Gasteiger partial charge >= 0.3 is 0 Å². The maximum absolute atomic E-state index is 10.0. The molecule has 16 heavy (non-hydrogen) atoms. The van der Waals surface area contributed by atoms with Gasteiger partial charge in [-0.3, -0.25) is 0 Å². The van der Waals surface area contributed by atoms with Gasteiger partial charge in [0.15, 0.2) is 0 Å². The van der Waals surface area contributed by atoms with Crippen molar-refractivity contribution < 1.29 is 14.6 Å². The summed E-state index contributed by atoms with van der Waals surface area (Å²) in [4.78, 5) is 0. The summed E-state index contributed by atoms with van der Waals surface area (Å²) < 4.78 is 10.8. The molecule has 94 valence electrons. The number of halogens is 2. The topological polar surface area (TPSA) is 38.7 Å². The van der Waals surface area contributed by atoms with E-state index < -0.39 is 11.9 Å². The zero-order valence-electron chi connectivity index (χ0n) is 9.96. The summed E-state index contributed by atoms with van der Waals surface area (Å²) in [6.07, 6.45) is 0.0320. The molecule has 0 saturated carbocycles. The molecule has 0 aromatic carbocycles. The van der Waals surface area contributed by atoms with Gasteiger partial charge in [0.05, 0.1) is 16.2 Å². The molecule has 1 aliphatic carbocycles. The fourth-order valence-corrected chi connectivity index (χ4v) is 3.18. The molecule has 0 bridgehead atoms. The molecule has 0 aromatic rings. The standard InChI is InChI=1S/C11H18Cl2O3/c1-5-7-6(2)11(15-3,16-4)10(13)8(12)9(7)14/h6-7,9,14H,5H2,1-4H3. The Morgan fingerprint density at radius 3 is 2.19 bits per heavy atom. The van der Waals surface area contributed by atoms with Crippen molar-refractivity contribution in [3.8, 4) is 0 Å². The third-order valence-corrected chi connectivity index (χ3v) is 4.48. The summed E-state index contributed by atoms with van der Waals surface area (Å²) in [7, 11) is 3.05. The van der Waals surface area contributed by atoms with Crippen molar-refractivity contribution >= 4 is 23.2 Å². The van der Waals surface area contributed by atoms with Gasteiger partial charge in [0.2, 0.25) is 5.79 Å². The molecule has 1 N–H and O–H groups in total. The maximum atomic E-state index is 10.0. The third-order valence-electron chi connectivity index (χ3n) is 3.50. The molecule has 0 spiro atoms. The first-order valence-corrected chi connectivity index (χ1v) is 6.05. The summed E-state index contributed by atoms with van der Waals surface area (Å²) >= 11 is 12.2. The van der Waals surface area contributed by atoms with E-state index in [1.807, 2.05) is 13.8 Å². The van der Waals surface area contributed by atoms with Gasteiger partial charge in [0.25, 0.3) is 0 Å². The predicted molar refractivity (Wildman–Crippen MR) is 64.4 cm³/mol. The van der Waals surface area contributed by atoms with E-state index in [1.165, 1.54) is 14.2 Å². The maximum Gasteiger partial charge on any atom is 0.209 e. The van der Waals surface area contributed by atoms with E-state index in [2.05, 4.69) is 0 Å². The Bertz CT molecular complexity index is 287. The van der Waals surface area contributed by atoms with Crippen LogP contribution in [0.25, 0.3) is 0 Å². The van der Waals surface area contributed by atoms with Crippen LogP contribution in [0, 0.1) is 11.8 Å². The molecule has 1 rings (SSSR count). The van der Waals surface area contributed by atoms with Gasteiger partial charge in [0.1, 0.15) is 0 Å². The fourth-order valence-electron chi connectivity index (χ4n) is 2.45. The summed E-state index contributed by atoms with van der Waals surface area (Å²) in [5.74, 6) is -1.15. The molecule has 0 aromatic heterocycles. The number of ether oxygens (including phenoxy) is 2. The van der Waals surface area contributed by atoms with Crippen LogP contribution in [-0.4, -0.2) is 31.2 Å². The molecule has 0 aliphatic heterocycles. The molecule has 5 heteroatoms. The van der Waals surface area contributed by atoms with Crippen LogP contribution in [0.1, 0.15) is 20.3 Å². The minimum atomic E-state index is -1.04. The minimum absolute atomic E-state index is 0.0325. The average Bonchev–Trinajstić information content (AvgIpc) is 2.29.